The predicted molar refractivity (Wildman–Crippen MR) is 74.9 cm³/mol. The second-order valence-corrected chi connectivity index (χ2v) is 5.05. The Morgan fingerprint density at radius 1 is 1.24 bits per heavy atom. The summed E-state index contributed by atoms with van der Waals surface area (Å²) in [7, 11) is 0. The second-order valence-electron chi connectivity index (χ2n) is 5.05. The molecule has 1 aromatic carbocycles. The van der Waals surface area contributed by atoms with Gasteiger partial charge in [0.05, 0.1) is 13.2 Å². The Bertz CT molecular complexity index is 458. The number of nitrogens with two attached hydrogens (primary N) is 1. The third-order valence-electron chi connectivity index (χ3n) is 2.94. The van der Waals surface area contributed by atoms with Crippen molar-refractivity contribution in [3.8, 4) is 5.75 Å². The molecular formula is C15H21F2NO3. The molecule has 0 aliphatic heterocycles. The van der Waals surface area contributed by atoms with Gasteiger partial charge in [-0.05, 0) is 33.1 Å². The van der Waals surface area contributed by atoms with Gasteiger partial charge in [0.25, 0.3) is 0 Å². The SMILES string of the molecule is CCOC(=O)C(C)(N)CCCCOc1cc(F)cc(F)c1. The number of hydrogen-bond donors (Lipinski definition) is 1. The highest BCUT2D eigenvalue weighted by molar-refractivity contribution is 5.79. The van der Waals surface area contributed by atoms with Crippen LogP contribution < -0.4 is 10.5 Å². The third kappa shape index (κ3) is 6.08. The van der Waals surface area contributed by atoms with E-state index >= 15 is 0 Å². The maximum atomic E-state index is 12.9. The number of carbonyl (C=O) groups excluding carboxylic acids is 1. The van der Waals surface area contributed by atoms with Crippen molar-refractivity contribution in [2.24, 2.45) is 5.73 Å². The van der Waals surface area contributed by atoms with Crippen molar-refractivity contribution in [1.29, 1.82) is 0 Å². The average molecular weight is 301 g/mol. The summed E-state index contributed by atoms with van der Waals surface area (Å²) >= 11 is 0. The maximum Gasteiger partial charge on any atom is 0.325 e. The van der Waals surface area contributed by atoms with Crippen LogP contribution in [0.15, 0.2) is 18.2 Å². The number of hydrogen-bond acceptors (Lipinski definition) is 4. The van der Waals surface area contributed by atoms with E-state index in [1.54, 1.807) is 13.8 Å². The molecule has 0 saturated heterocycles. The van der Waals surface area contributed by atoms with Crippen molar-refractivity contribution in [3.05, 3.63) is 29.8 Å². The summed E-state index contributed by atoms with van der Waals surface area (Å²) < 4.78 is 36.0. The van der Waals surface area contributed by atoms with Gasteiger partial charge < -0.3 is 15.2 Å². The molecule has 21 heavy (non-hydrogen) atoms. The van der Waals surface area contributed by atoms with Gasteiger partial charge in [-0.3, -0.25) is 4.79 Å². The van der Waals surface area contributed by atoms with E-state index in [-0.39, 0.29) is 5.75 Å². The summed E-state index contributed by atoms with van der Waals surface area (Å²) in [5.41, 5.74) is 4.84. The molecule has 0 saturated carbocycles. The van der Waals surface area contributed by atoms with Gasteiger partial charge in [-0.25, -0.2) is 8.78 Å². The highest BCUT2D eigenvalue weighted by Gasteiger charge is 2.28. The largest absolute Gasteiger partial charge is 0.493 e. The van der Waals surface area contributed by atoms with E-state index in [2.05, 4.69) is 0 Å². The molecule has 0 amide bonds. The van der Waals surface area contributed by atoms with Crippen LogP contribution in [-0.4, -0.2) is 24.7 Å². The van der Waals surface area contributed by atoms with Crippen molar-refractivity contribution in [3.63, 3.8) is 0 Å². The van der Waals surface area contributed by atoms with E-state index in [0.717, 1.165) is 18.2 Å². The van der Waals surface area contributed by atoms with Gasteiger partial charge >= 0.3 is 5.97 Å². The molecule has 1 atom stereocenters. The number of ether oxygens (including phenoxy) is 2. The normalized spacial score (nSPS) is 13.6. The van der Waals surface area contributed by atoms with E-state index in [1.165, 1.54) is 0 Å². The lowest BCUT2D eigenvalue weighted by Crippen LogP contribution is -2.46. The number of rotatable bonds is 8. The molecule has 118 valence electrons. The fourth-order valence-electron chi connectivity index (χ4n) is 1.79. The van der Waals surface area contributed by atoms with E-state index in [0.29, 0.717) is 32.5 Å². The van der Waals surface area contributed by atoms with Crippen LogP contribution in [0.5, 0.6) is 5.75 Å². The van der Waals surface area contributed by atoms with Crippen molar-refractivity contribution < 1.29 is 23.0 Å². The first-order chi connectivity index (χ1) is 9.85. The second kappa shape index (κ2) is 7.93. The van der Waals surface area contributed by atoms with Gasteiger partial charge in [0.2, 0.25) is 0 Å². The van der Waals surface area contributed by atoms with Crippen molar-refractivity contribution in [2.45, 2.75) is 38.6 Å². The smallest absolute Gasteiger partial charge is 0.325 e. The summed E-state index contributed by atoms with van der Waals surface area (Å²) in [6.45, 7) is 3.93. The molecular weight excluding hydrogens is 280 g/mol. The molecule has 6 heteroatoms. The average Bonchev–Trinajstić information content (AvgIpc) is 2.37. The highest BCUT2D eigenvalue weighted by atomic mass is 19.1. The van der Waals surface area contributed by atoms with Gasteiger partial charge in [-0.15, -0.1) is 0 Å². The molecule has 0 heterocycles. The molecule has 0 aliphatic carbocycles. The van der Waals surface area contributed by atoms with Crippen LogP contribution in [0.25, 0.3) is 0 Å². The molecule has 2 N–H and O–H groups in total. The molecule has 0 radical (unpaired) electrons. The van der Waals surface area contributed by atoms with Crippen molar-refractivity contribution >= 4 is 5.97 Å². The lowest BCUT2D eigenvalue weighted by molar-refractivity contribution is -0.149. The first-order valence-electron chi connectivity index (χ1n) is 6.90. The topological polar surface area (TPSA) is 61.5 Å². The van der Waals surface area contributed by atoms with E-state index < -0.39 is 23.1 Å². The van der Waals surface area contributed by atoms with Gasteiger partial charge in [-0.2, -0.15) is 0 Å². The van der Waals surface area contributed by atoms with Crippen LogP contribution in [0.1, 0.15) is 33.1 Å². The zero-order chi connectivity index (χ0) is 15.9. The van der Waals surface area contributed by atoms with Gasteiger partial charge in [0, 0.05) is 18.2 Å². The Morgan fingerprint density at radius 3 is 2.43 bits per heavy atom. The molecule has 0 aliphatic rings. The number of unbranched alkanes of at least 4 members (excludes halogenated alkanes) is 1. The van der Waals surface area contributed by atoms with Crippen molar-refractivity contribution in [2.75, 3.05) is 13.2 Å². The Morgan fingerprint density at radius 2 is 1.86 bits per heavy atom. The number of esters is 1. The third-order valence-corrected chi connectivity index (χ3v) is 2.94. The molecule has 1 rings (SSSR count). The quantitative estimate of drug-likeness (QED) is 0.592. The fourth-order valence-corrected chi connectivity index (χ4v) is 1.79. The minimum absolute atomic E-state index is 0.147. The zero-order valence-electron chi connectivity index (χ0n) is 12.3. The summed E-state index contributed by atoms with van der Waals surface area (Å²) in [5.74, 6) is -1.64. The monoisotopic (exact) mass is 301 g/mol. The fraction of sp³-hybridized carbons (Fsp3) is 0.533. The van der Waals surface area contributed by atoms with Gasteiger partial charge in [0.15, 0.2) is 0 Å². The first kappa shape index (κ1) is 17.4. The van der Waals surface area contributed by atoms with E-state index in [9.17, 15) is 13.6 Å². The molecule has 4 nitrogen and oxygen atoms in total. The molecule has 0 aromatic heterocycles. The van der Waals surface area contributed by atoms with Crippen LogP contribution in [0.3, 0.4) is 0 Å². The molecule has 0 fully saturated rings. The molecule has 0 spiro atoms. The highest BCUT2D eigenvalue weighted by Crippen LogP contribution is 2.17. The summed E-state index contributed by atoms with van der Waals surface area (Å²) in [6.07, 6.45) is 1.71. The summed E-state index contributed by atoms with van der Waals surface area (Å²) in [6, 6.07) is 3.02. The summed E-state index contributed by atoms with van der Waals surface area (Å²) in [5, 5.41) is 0. The molecule has 0 bridgehead atoms. The lowest BCUT2D eigenvalue weighted by Gasteiger charge is -2.21. The Labute approximate surface area is 123 Å². The van der Waals surface area contributed by atoms with Crippen molar-refractivity contribution in [1.82, 2.24) is 0 Å². The zero-order valence-corrected chi connectivity index (χ0v) is 12.3. The van der Waals surface area contributed by atoms with Crippen LogP contribution in [-0.2, 0) is 9.53 Å². The molecule has 1 unspecified atom stereocenters. The minimum atomic E-state index is -1.03. The Balaban J connectivity index is 2.29. The number of halogens is 2. The number of benzene rings is 1. The maximum absolute atomic E-state index is 12.9. The number of carbonyl (C=O) groups is 1. The summed E-state index contributed by atoms with van der Waals surface area (Å²) in [4.78, 5) is 11.6. The molecule has 1 aromatic rings. The standard InChI is InChI=1S/C15H21F2NO3/c1-3-20-14(19)15(2,18)6-4-5-7-21-13-9-11(16)8-12(17)10-13/h8-10H,3-7,18H2,1-2H3. The van der Waals surface area contributed by atoms with Crippen LogP contribution in [0.4, 0.5) is 8.78 Å². The first-order valence-corrected chi connectivity index (χ1v) is 6.90. The van der Waals surface area contributed by atoms with Crippen LogP contribution in [0, 0.1) is 11.6 Å². The Hall–Kier alpha value is -1.69. The lowest BCUT2D eigenvalue weighted by atomic mass is 9.96. The van der Waals surface area contributed by atoms with E-state index in [4.69, 9.17) is 15.2 Å². The van der Waals surface area contributed by atoms with Crippen LogP contribution >= 0.6 is 0 Å². The van der Waals surface area contributed by atoms with E-state index in [1.807, 2.05) is 0 Å². The minimum Gasteiger partial charge on any atom is -0.493 e. The predicted octanol–water partition coefficient (Wildman–Crippen LogP) is 2.79. The Kier molecular flexibility index (Phi) is 6.55. The van der Waals surface area contributed by atoms with Gasteiger partial charge in [-0.1, -0.05) is 0 Å². The van der Waals surface area contributed by atoms with Gasteiger partial charge in [0.1, 0.15) is 22.9 Å². The van der Waals surface area contributed by atoms with Crippen LogP contribution in [0.2, 0.25) is 0 Å².